The van der Waals surface area contributed by atoms with E-state index < -0.39 is 17.5 Å². The minimum absolute atomic E-state index is 0.255. The maximum atomic E-state index is 12.9. The molecule has 0 spiro atoms. The van der Waals surface area contributed by atoms with E-state index in [0.717, 1.165) is 44.1 Å². The maximum absolute atomic E-state index is 12.9. The van der Waals surface area contributed by atoms with Crippen LogP contribution in [0.25, 0.3) is 11.3 Å². The van der Waals surface area contributed by atoms with E-state index in [9.17, 15) is 18.3 Å². The Morgan fingerprint density at radius 3 is 2.68 bits per heavy atom. The highest BCUT2D eigenvalue weighted by atomic mass is 19.4. The smallest absolute Gasteiger partial charge is 0.416 e. The number of nitrogens with zero attached hydrogens (tertiary/aromatic N) is 4. The standard InChI is InChI=1S/C20H21F3N4O/c1-13-9-15(20(21,22)23)11-18(28)19(13)17-5-4-16(25-26-17)10-14-3-2-7-27(12-14)8-6-24/h4-5,9,11,14,28H,2-3,7-8,10,12H2,1H3/t14-/m0/s1. The van der Waals surface area contributed by atoms with Gasteiger partial charge in [-0.2, -0.15) is 28.6 Å². The van der Waals surface area contributed by atoms with Crippen molar-refractivity contribution in [2.75, 3.05) is 19.6 Å². The Kier molecular flexibility index (Phi) is 5.84. The molecule has 2 aromatic rings. The Bertz CT molecular complexity index is 851. The first-order valence-electron chi connectivity index (χ1n) is 9.11. The third kappa shape index (κ3) is 4.60. The van der Waals surface area contributed by atoms with Crippen molar-refractivity contribution in [3.63, 3.8) is 0 Å². The summed E-state index contributed by atoms with van der Waals surface area (Å²) < 4.78 is 38.6. The molecule has 1 fully saturated rings. The van der Waals surface area contributed by atoms with Crippen LogP contribution >= 0.6 is 0 Å². The number of phenolic OH excluding ortho intramolecular Hbond substituents is 1. The number of halogens is 3. The summed E-state index contributed by atoms with van der Waals surface area (Å²) in [6.07, 6.45) is -1.69. The SMILES string of the molecule is Cc1cc(C(F)(F)F)cc(O)c1-c1ccc(C[C@@H]2CCCN(CC#N)C2)nn1. The summed E-state index contributed by atoms with van der Waals surface area (Å²) in [6.45, 7) is 3.70. The van der Waals surface area contributed by atoms with Crippen LogP contribution < -0.4 is 0 Å². The van der Waals surface area contributed by atoms with Crippen molar-refractivity contribution < 1.29 is 18.3 Å². The highest BCUT2D eigenvalue weighted by molar-refractivity contribution is 5.71. The van der Waals surface area contributed by atoms with Gasteiger partial charge >= 0.3 is 6.18 Å². The Hall–Kier alpha value is -2.66. The zero-order chi connectivity index (χ0) is 20.3. The van der Waals surface area contributed by atoms with Gasteiger partial charge in [-0.1, -0.05) is 0 Å². The van der Waals surface area contributed by atoms with Crippen molar-refractivity contribution in [3.8, 4) is 23.1 Å². The lowest BCUT2D eigenvalue weighted by Gasteiger charge is -2.30. The monoisotopic (exact) mass is 390 g/mol. The van der Waals surface area contributed by atoms with E-state index in [0.29, 0.717) is 24.2 Å². The normalized spacial score (nSPS) is 18.0. The third-order valence-corrected chi connectivity index (χ3v) is 5.01. The second kappa shape index (κ2) is 8.15. The fourth-order valence-electron chi connectivity index (χ4n) is 3.72. The molecule has 148 valence electrons. The van der Waals surface area contributed by atoms with E-state index in [-0.39, 0.29) is 11.1 Å². The van der Waals surface area contributed by atoms with Crippen LogP contribution in [0.4, 0.5) is 13.2 Å². The molecule has 28 heavy (non-hydrogen) atoms. The van der Waals surface area contributed by atoms with Crippen LogP contribution in [-0.4, -0.2) is 39.8 Å². The average Bonchev–Trinajstić information content (AvgIpc) is 2.62. The molecule has 1 aromatic heterocycles. The van der Waals surface area contributed by atoms with Crippen LogP contribution in [-0.2, 0) is 12.6 Å². The molecular formula is C20H21F3N4O. The summed E-state index contributed by atoms with van der Waals surface area (Å²) in [4.78, 5) is 2.12. The van der Waals surface area contributed by atoms with E-state index in [1.807, 2.05) is 0 Å². The van der Waals surface area contributed by atoms with Gasteiger partial charge in [0.05, 0.1) is 29.6 Å². The zero-order valence-electron chi connectivity index (χ0n) is 15.5. The number of rotatable bonds is 4. The third-order valence-electron chi connectivity index (χ3n) is 5.01. The molecule has 1 atom stereocenters. The Balaban J connectivity index is 1.75. The minimum atomic E-state index is -4.52. The van der Waals surface area contributed by atoms with Gasteiger partial charge in [-0.05, 0) is 68.5 Å². The van der Waals surface area contributed by atoms with Gasteiger partial charge in [-0.3, -0.25) is 4.90 Å². The van der Waals surface area contributed by atoms with Crippen LogP contribution in [0.1, 0.15) is 29.7 Å². The summed E-state index contributed by atoms with van der Waals surface area (Å²) in [5.41, 5.74) is 0.771. The Morgan fingerprint density at radius 2 is 2.07 bits per heavy atom. The number of piperidine rings is 1. The number of hydrogen-bond donors (Lipinski definition) is 1. The Morgan fingerprint density at radius 1 is 1.29 bits per heavy atom. The maximum Gasteiger partial charge on any atom is 0.416 e. The van der Waals surface area contributed by atoms with Gasteiger partial charge in [0.15, 0.2) is 0 Å². The molecule has 1 N–H and O–H groups in total. The number of hydrogen-bond acceptors (Lipinski definition) is 5. The fourth-order valence-corrected chi connectivity index (χ4v) is 3.72. The highest BCUT2D eigenvalue weighted by Gasteiger charge is 2.32. The number of phenols is 1. The summed E-state index contributed by atoms with van der Waals surface area (Å²) in [7, 11) is 0. The van der Waals surface area contributed by atoms with Crippen molar-refractivity contribution >= 4 is 0 Å². The van der Waals surface area contributed by atoms with Crippen LogP contribution in [0.3, 0.4) is 0 Å². The van der Waals surface area contributed by atoms with Crippen LogP contribution in [0.5, 0.6) is 5.75 Å². The predicted molar refractivity (Wildman–Crippen MR) is 97.4 cm³/mol. The number of alkyl halides is 3. The lowest BCUT2D eigenvalue weighted by atomic mass is 9.93. The highest BCUT2D eigenvalue weighted by Crippen LogP contribution is 2.38. The topological polar surface area (TPSA) is 73.0 Å². The fraction of sp³-hybridized carbons (Fsp3) is 0.450. The molecule has 0 bridgehead atoms. The van der Waals surface area contributed by atoms with E-state index in [1.165, 1.54) is 6.92 Å². The molecule has 1 aliphatic heterocycles. The summed E-state index contributed by atoms with van der Waals surface area (Å²) in [5.74, 6) is -0.0720. The first kappa shape index (κ1) is 20.1. The first-order chi connectivity index (χ1) is 13.3. The molecule has 2 heterocycles. The van der Waals surface area contributed by atoms with Gasteiger partial charge in [-0.25, -0.2) is 0 Å². The van der Waals surface area contributed by atoms with Crippen molar-refractivity contribution in [1.29, 1.82) is 5.26 Å². The number of nitriles is 1. The lowest BCUT2D eigenvalue weighted by molar-refractivity contribution is -0.137. The molecule has 5 nitrogen and oxygen atoms in total. The van der Waals surface area contributed by atoms with Crippen molar-refractivity contribution in [2.24, 2.45) is 5.92 Å². The zero-order valence-corrected chi connectivity index (χ0v) is 15.5. The van der Waals surface area contributed by atoms with Gasteiger partial charge in [0.2, 0.25) is 0 Å². The largest absolute Gasteiger partial charge is 0.507 e. The molecule has 1 aliphatic rings. The first-order valence-corrected chi connectivity index (χ1v) is 9.11. The molecule has 0 radical (unpaired) electrons. The lowest BCUT2D eigenvalue weighted by Crippen LogP contribution is -2.36. The predicted octanol–water partition coefficient (Wildman–Crippen LogP) is 3.95. The molecule has 0 amide bonds. The van der Waals surface area contributed by atoms with Crippen molar-refractivity contribution in [2.45, 2.75) is 32.4 Å². The van der Waals surface area contributed by atoms with Gasteiger partial charge in [0, 0.05) is 12.1 Å². The summed E-state index contributed by atoms with van der Waals surface area (Å²) in [5, 5.41) is 27.3. The number of aromatic hydroxyl groups is 1. The molecule has 0 unspecified atom stereocenters. The molecular weight excluding hydrogens is 369 g/mol. The molecule has 1 saturated heterocycles. The average molecular weight is 390 g/mol. The number of aromatic nitrogens is 2. The molecule has 0 saturated carbocycles. The molecule has 3 rings (SSSR count). The van der Waals surface area contributed by atoms with Crippen LogP contribution in [0.15, 0.2) is 24.3 Å². The van der Waals surface area contributed by atoms with E-state index >= 15 is 0 Å². The number of benzene rings is 1. The summed E-state index contributed by atoms with van der Waals surface area (Å²) >= 11 is 0. The number of aryl methyl sites for hydroxylation is 1. The molecule has 0 aliphatic carbocycles. The van der Waals surface area contributed by atoms with Crippen LogP contribution in [0, 0.1) is 24.2 Å². The van der Waals surface area contributed by atoms with E-state index in [2.05, 4.69) is 21.2 Å². The van der Waals surface area contributed by atoms with E-state index in [4.69, 9.17) is 5.26 Å². The molecule has 8 heteroatoms. The van der Waals surface area contributed by atoms with Gasteiger partial charge in [0.1, 0.15) is 5.75 Å². The molecule has 1 aromatic carbocycles. The van der Waals surface area contributed by atoms with Gasteiger partial charge in [-0.15, -0.1) is 0 Å². The van der Waals surface area contributed by atoms with Crippen molar-refractivity contribution in [1.82, 2.24) is 15.1 Å². The summed E-state index contributed by atoms with van der Waals surface area (Å²) in [6, 6.07) is 7.35. The quantitative estimate of drug-likeness (QED) is 0.800. The van der Waals surface area contributed by atoms with Crippen molar-refractivity contribution in [3.05, 3.63) is 41.1 Å². The van der Waals surface area contributed by atoms with Gasteiger partial charge < -0.3 is 5.11 Å². The van der Waals surface area contributed by atoms with Gasteiger partial charge in [0.25, 0.3) is 0 Å². The second-order valence-corrected chi connectivity index (χ2v) is 7.20. The number of likely N-dealkylation sites (tertiary alicyclic amines) is 1. The minimum Gasteiger partial charge on any atom is -0.507 e. The Labute approximate surface area is 161 Å². The van der Waals surface area contributed by atoms with Crippen LogP contribution in [0.2, 0.25) is 0 Å². The van der Waals surface area contributed by atoms with E-state index in [1.54, 1.807) is 12.1 Å². The second-order valence-electron chi connectivity index (χ2n) is 7.20.